The van der Waals surface area contributed by atoms with Crippen LogP contribution in [0.25, 0.3) is 0 Å². The van der Waals surface area contributed by atoms with Crippen LogP contribution in [0.3, 0.4) is 0 Å². The summed E-state index contributed by atoms with van der Waals surface area (Å²) in [5, 5.41) is 33.8. The Bertz CT molecular complexity index is 964. The minimum atomic E-state index is -2.74. The SMILES string of the molecule is C1=CCC(CN(CCCn2ccnc2)Cc2cccnc2)CC1.O=C(O)CC(O)(CC(=O)O)C(=O)O. The molecule has 11 heteroatoms. The van der Waals surface area contributed by atoms with Crippen LogP contribution in [0.2, 0.25) is 0 Å². The monoisotopic (exact) mass is 502 g/mol. The second-order valence-electron chi connectivity index (χ2n) is 8.88. The first-order valence-electron chi connectivity index (χ1n) is 11.8. The molecule has 1 atom stereocenters. The summed E-state index contributed by atoms with van der Waals surface area (Å²) in [6.45, 7) is 4.34. The molecule has 0 aliphatic heterocycles. The summed E-state index contributed by atoms with van der Waals surface area (Å²) in [5.41, 5.74) is -1.43. The predicted molar refractivity (Wildman–Crippen MR) is 130 cm³/mol. The molecule has 1 aliphatic rings. The van der Waals surface area contributed by atoms with E-state index in [1.165, 1.54) is 31.4 Å². The van der Waals surface area contributed by atoms with Gasteiger partial charge in [-0.2, -0.15) is 0 Å². The van der Waals surface area contributed by atoms with Crippen LogP contribution in [0.4, 0.5) is 0 Å². The van der Waals surface area contributed by atoms with Crippen LogP contribution in [-0.2, 0) is 27.5 Å². The van der Waals surface area contributed by atoms with Crippen molar-refractivity contribution in [3.05, 3.63) is 61.0 Å². The summed E-state index contributed by atoms with van der Waals surface area (Å²) in [4.78, 5) is 41.4. The van der Waals surface area contributed by atoms with Gasteiger partial charge in [-0.3, -0.25) is 19.5 Å². The van der Waals surface area contributed by atoms with Crippen molar-refractivity contribution in [1.82, 2.24) is 19.4 Å². The molecule has 36 heavy (non-hydrogen) atoms. The number of hydrogen-bond acceptors (Lipinski definition) is 7. The van der Waals surface area contributed by atoms with E-state index < -0.39 is 36.4 Å². The lowest BCUT2D eigenvalue weighted by Crippen LogP contribution is -2.42. The first kappa shape index (κ1) is 28.7. The molecular formula is C25H34N4O7. The maximum Gasteiger partial charge on any atom is 0.336 e. The van der Waals surface area contributed by atoms with E-state index in [9.17, 15) is 14.4 Å². The Morgan fingerprint density at radius 2 is 1.83 bits per heavy atom. The topological polar surface area (TPSA) is 166 Å². The molecule has 2 aromatic rings. The number of imidazole rings is 1. The molecule has 0 saturated heterocycles. The van der Waals surface area contributed by atoms with Gasteiger partial charge >= 0.3 is 17.9 Å². The highest BCUT2D eigenvalue weighted by Crippen LogP contribution is 2.20. The zero-order valence-electron chi connectivity index (χ0n) is 20.1. The van der Waals surface area contributed by atoms with Gasteiger partial charge in [0, 0.05) is 51.0 Å². The van der Waals surface area contributed by atoms with Gasteiger partial charge in [0.1, 0.15) is 0 Å². The van der Waals surface area contributed by atoms with Gasteiger partial charge < -0.3 is 25.0 Å². The zero-order valence-corrected chi connectivity index (χ0v) is 20.1. The van der Waals surface area contributed by atoms with Crippen molar-refractivity contribution < 1.29 is 34.8 Å². The number of aromatic nitrogens is 3. The molecule has 4 N–H and O–H groups in total. The van der Waals surface area contributed by atoms with E-state index in [0.717, 1.165) is 32.0 Å². The molecule has 0 saturated carbocycles. The van der Waals surface area contributed by atoms with Crippen molar-refractivity contribution in [3.8, 4) is 0 Å². The molecule has 196 valence electrons. The Kier molecular flexibility index (Phi) is 11.7. The number of aliphatic hydroxyl groups is 1. The van der Waals surface area contributed by atoms with E-state index in [2.05, 4.69) is 37.7 Å². The molecule has 2 heterocycles. The average molecular weight is 503 g/mol. The first-order chi connectivity index (χ1) is 17.2. The van der Waals surface area contributed by atoms with Crippen molar-refractivity contribution in [1.29, 1.82) is 0 Å². The molecule has 11 nitrogen and oxygen atoms in total. The van der Waals surface area contributed by atoms with Gasteiger partial charge in [-0.1, -0.05) is 18.2 Å². The van der Waals surface area contributed by atoms with Crippen molar-refractivity contribution >= 4 is 17.9 Å². The molecule has 0 spiro atoms. The molecule has 0 fully saturated rings. The summed E-state index contributed by atoms with van der Waals surface area (Å²) in [7, 11) is 0. The van der Waals surface area contributed by atoms with E-state index in [0.29, 0.717) is 0 Å². The summed E-state index contributed by atoms with van der Waals surface area (Å²) >= 11 is 0. The largest absolute Gasteiger partial charge is 0.481 e. The van der Waals surface area contributed by atoms with Crippen molar-refractivity contribution in [3.63, 3.8) is 0 Å². The number of carboxylic acid groups (broad SMARTS) is 3. The van der Waals surface area contributed by atoms with Crippen molar-refractivity contribution in [2.24, 2.45) is 5.92 Å². The van der Waals surface area contributed by atoms with Gasteiger partial charge in [0.2, 0.25) is 0 Å². The van der Waals surface area contributed by atoms with Crippen LogP contribution in [-0.4, -0.2) is 76.5 Å². The molecule has 2 aromatic heterocycles. The van der Waals surface area contributed by atoms with Gasteiger partial charge in [0.15, 0.2) is 5.60 Å². The molecule has 0 radical (unpaired) electrons. The molecular weight excluding hydrogens is 468 g/mol. The lowest BCUT2D eigenvalue weighted by atomic mass is 9.94. The minimum Gasteiger partial charge on any atom is -0.481 e. The van der Waals surface area contributed by atoms with Crippen LogP contribution < -0.4 is 0 Å². The Morgan fingerprint density at radius 1 is 1.08 bits per heavy atom. The van der Waals surface area contributed by atoms with E-state index in [-0.39, 0.29) is 0 Å². The normalized spacial score (nSPS) is 15.2. The number of carboxylic acids is 3. The Balaban J connectivity index is 0.000000302. The van der Waals surface area contributed by atoms with Gasteiger partial charge in [-0.15, -0.1) is 0 Å². The van der Waals surface area contributed by atoms with E-state index in [1.807, 2.05) is 37.2 Å². The lowest BCUT2D eigenvalue weighted by molar-refractivity contribution is -0.170. The quantitative estimate of drug-likeness (QED) is 0.298. The maximum atomic E-state index is 10.3. The van der Waals surface area contributed by atoms with Crippen LogP contribution in [0.15, 0.2) is 55.4 Å². The molecule has 0 aromatic carbocycles. The number of nitrogens with zero attached hydrogens (tertiary/aromatic N) is 4. The predicted octanol–water partition coefficient (Wildman–Crippen LogP) is 2.28. The van der Waals surface area contributed by atoms with Crippen LogP contribution in [0.1, 0.15) is 44.1 Å². The average Bonchev–Trinajstić information content (AvgIpc) is 3.33. The Morgan fingerprint density at radius 3 is 2.36 bits per heavy atom. The molecule has 0 bridgehead atoms. The second-order valence-corrected chi connectivity index (χ2v) is 8.88. The standard InChI is InChI=1S/C19H26N4.C6H8O7/c1-2-6-18(7-3-1)15-23(16-19-8-4-9-20-14-19)12-5-11-22-13-10-21-17-22;7-3(8)1-6(13,5(11)12)2-4(9)10/h1-2,4,8-10,13-14,17-18H,3,5-7,11-12,15-16H2;13H,1-2H2,(H,7,8)(H,9,10)(H,11,12). The van der Waals surface area contributed by atoms with E-state index in [1.54, 1.807) is 0 Å². The minimum absolute atomic E-state index is 0.796. The summed E-state index contributed by atoms with van der Waals surface area (Å²) in [6.07, 6.45) is 16.9. The lowest BCUT2D eigenvalue weighted by Gasteiger charge is -2.28. The van der Waals surface area contributed by atoms with Gasteiger partial charge in [-0.05, 0) is 43.2 Å². The third kappa shape index (κ3) is 10.8. The summed E-state index contributed by atoms with van der Waals surface area (Å²) < 4.78 is 2.16. The van der Waals surface area contributed by atoms with Crippen molar-refractivity contribution in [2.45, 2.75) is 57.2 Å². The second kappa shape index (κ2) is 14.7. The molecule has 3 rings (SSSR count). The molecule has 0 amide bonds. The molecule has 1 unspecified atom stereocenters. The van der Waals surface area contributed by atoms with Gasteiger partial charge in [0.25, 0.3) is 0 Å². The third-order valence-corrected chi connectivity index (χ3v) is 5.76. The third-order valence-electron chi connectivity index (χ3n) is 5.76. The van der Waals surface area contributed by atoms with E-state index >= 15 is 0 Å². The highest BCUT2D eigenvalue weighted by Gasteiger charge is 2.40. The van der Waals surface area contributed by atoms with Crippen molar-refractivity contribution in [2.75, 3.05) is 13.1 Å². The van der Waals surface area contributed by atoms with Crippen LogP contribution >= 0.6 is 0 Å². The number of aliphatic carboxylic acids is 3. The number of aryl methyl sites for hydroxylation is 1. The van der Waals surface area contributed by atoms with Crippen LogP contribution in [0, 0.1) is 5.92 Å². The number of rotatable bonds is 13. The Hall–Kier alpha value is -3.57. The van der Waals surface area contributed by atoms with Gasteiger partial charge in [-0.25, -0.2) is 9.78 Å². The first-order valence-corrected chi connectivity index (χ1v) is 11.8. The summed E-state index contributed by atoms with van der Waals surface area (Å²) in [6, 6.07) is 4.21. The van der Waals surface area contributed by atoms with E-state index in [4.69, 9.17) is 20.4 Å². The Labute approximate surface area is 209 Å². The smallest absolute Gasteiger partial charge is 0.336 e. The molecule has 1 aliphatic carbocycles. The fraction of sp³-hybridized carbons (Fsp3) is 0.480. The fourth-order valence-electron chi connectivity index (χ4n) is 3.98. The summed E-state index contributed by atoms with van der Waals surface area (Å²) in [5.74, 6) is -4.22. The van der Waals surface area contributed by atoms with Crippen LogP contribution in [0.5, 0.6) is 0 Å². The number of carbonyl (C=O) groups is 3. The fourth-order valence-corrected chi connectivity index (χ4v) is 3.98. The zero-order chi connectivity index (χ0) is 26.4. The highest BCUT2D eigenvalue weighted by atomic mass is 16.4. The van der Waals surface area contributed by atoms with Gasteiger partial charge in [0.05, 0.1) is 19.2 Å². The highest BCUT2D eigenvalue weighted by molar-refractivity contribution is 5.88. The number of allylic oxidation sites excluding steroid dienone is 2. The maximum absolute atomic E-state index is 10.3. The number of hydrogen-bond donors (Lipinski definition) is 4. The number of pyridine rings is 1.